The van der Waals surface area contributed by atoms with Crippen molar-refractivity contribution in [1.29, 1.82) is 0 Å². The van der Waals surface area contributed by atoms with E-state index in [-0.39, 0.29) is 18.3 Å². The maximum atomic E-state index is 13.6. The van der Waals surface area contributed by atoms with Crippen LogP contribution in [0.25, 0.3) is 0 Å². The molecule has 0 fully saturated rings. The van der Waals surface area contributed by atoms with E-state index < -0.39 is 0 Å². The third-order valence-electron chi connectivity index (χ3n) is 3.84. The van der Waals surface area contributed by atoms with Crippen molar-refractivity contribution in [2.75, 3.05) is 12.4 Å². The molecule has 3 rings (SSSR count). The van der Waals surface area contributed by atoms with Gasteiger partial charge in [0.15, 0.2) is 0 Å². The second kappa shape index (κ2) is 8.51. The van der Waals surface area contributed by atoms with Gasteiger partial charge < -0.3 is 15.4 Å². The molecule has 1 aromatic heterocycles. The number of nitrogens with zero attached hydrogens (tertiary/aromatic N) is 1. The number of benzene rings is 2. The quantitative estimate of drug-likeness (QED) is 0.653. The number of carbonyl (C=O) groups excluding carboxylic acids is 1. The summed E-state index contributed by atoms with van der Waals surface area (Å²) in [4.78, 5) is 16.4. The number of halogens is 2. The summed E-state index contributed by atoms with van der Waals surface area (Å²) in [7, 11) is 1.54. The van der Waals surface area contributed by atoms with Gasteiger partial charge in [-0.1, -0.05) is 29.8 Å². The van der Waals surface area contributed by atoms with E-state index in [1.54, 1.807) is 55.8 Å². The normalized spacial score (nSPS) is 10.3. The maximum absolute atomic E-state index is 13.6. The predicted octanol–water partition coefficient (Wildman–Crippen LogP) is 4.56. The number of hydrogen-bond acceptors (Lipinski definition) is 4. The Balaban J connectivity index is 1.68. The fourth-order valence-electron chi connectivity index (χ4n) is 2.46. The number of rotatable bonds is 6. The lowest BCUT2D eigenvalue weighted by molar-refractivity contribution is 0.0950. The van der Waals surface area contributed by atoms with Gasteiger partial charge in [-0.15, -0.1) is 0 Å². The molecular weight excluding hydrogens is 369 g/mol. The minimum atomic E-state index is -0.359. The fourth-order valence-corrected chi connectivity index (χ4v) is 2.72. The minimum Gasteiger partial charge on any atom is -0.495 e. The summed E-state index contributed by atoms with van der Waals surface area (Å²) in [5, 5.41) is 6.29. The third kappa shape index (κ3) is 4.74. The first kappa shape index (κ1) is 18.7. The topological polar surface area (TPSA) is 63.2 Å². The first-order chi connectivity index (χ1) is 13.1. The van der Waals surface area contributed by atoms with Crippen molar-refractivity contribution >= 4 is 28.9 Å². The Morgan fingerprint density at radius 2 is 1.96 bits per heavy atom. The van der Waals surface area contributed by atoms with Crippen LogP contribution in [0.3, 0.4) is 0 Å². The van der Waals surface area contributed by atoms with Crippen LogP contribution in [0.4, 0.5) is 15.8 Å². The summed E-state index contributed by atoms with van der Waals surface area (Å²) in [5.41, 5.74) is 2.12. The molecule has 0 bridgehead atoms. The molecule has 1 amide bonds. The van der Waals surface area contributed by atoms with E-state index in [1.807, 2.05) is 0 Å². The molecule has 0 radical (unpaired) electrons. The van der Waals surface area contributed by atoms with Gasteiger partial charge in [-0.25, -0.2) is 4.39 Å². The SMILES string of the molecule is COc1ccc(Nc2cncc(C(=O)NCc3ccccc3F)c2)cc1Cl. The van der Waals surface area contributed by atoms with Gasteiger partial charge in [0, 0.05) is 24.0 Å². The molecule has 0 saturated heterocycles. The van der Waals surface area contributed by atoms with Crippen LogP contribution in [-0.4, -0.2) is 18.0 Å². The molecule has 7 heteroatoms. The molecular formula is C20H17ClFN3O2. The molecule has 27 heavy (non-hydrogen) atoms. The van der Waals surface area contributed by atoms with Crippen molar-refractivity contribution in [1.82, 2.24) is 10.3 Å². The number of hydrogen-bond donors (Lipinski definition) is 2. The van der Waals surface area contributed by atoms with Gasteiger partial charge in [0.2, 0.25) is 0 Å². The van der Waals surface area contributed by atoms with Gasteiger partial charge in [-0.2, -0.15) is 0 Å². The van der Waals surface area contributed by atoms with Crippen molar-refractivity contribution in [2.24, 2.45) is 0 Å². The van der Waals surface area contributed by atoms with Gasteiger partial charge in [0.25, 0.3) is 5.91 Å². The Morgan fingerprint density at radius 1 is 1.15 bits per heavy atom. The van der Waals surface area contributed by atoms with E-state index >= 15 is 0 Å². The molecule has 5 nitrogen and oxygen atoms in total. The van der Waals surface area contributed by atoms with E-state index in [0.717, 1.165) is 5.69 Å². The minimum absolute atomic E-state index is 0.0945. The summed E-state index contributed by atoms with van der Waals surface area (Å²) in [6.07, 6.45) is 3.04. The Hall–Kier alpha value is -3.12. The molecule has 0 aliphatic heterocycles. The van der Waals surface area contributed by atoms with Gasteiger partial charge in [-0.05, 0) is 30.3 Å². The zero-order valence-electron chi connectivity index (χ0n) is 14.5. The number of methoxy groups -OCH3 is 1. The van der Waals surface area contributed by atoms with Crippen LogP contribution in [0.2, 0.25) is 5.02 Å². The first-order valence-corrected chi connectivity index (χ1v) is 8.52. The Kier molecular flexibility index (Phi) is 5.88. The standard InChI is InChI=1S/C20H17ClFN3O2/c1-27-19-7-6-15(9-17(19)21)25-16-8-14(10-23-12-16)20(26)24-11-13-4-2-3-5-18(13)22/h2-10,12,25H,11H2,1H3,(H,24,26). The highest BCUT2D eigenvalue weighted by atomic mass is 35.5. The second-order valence-electron chi connectivity index (χ2n) is 5.71. The Labute approximate surface area is 161 Å². The lowest BCUT2D eigenvalue weighted by atomic mass is 10.2. The number of aromatic nitrogens is 1. The van der Waals surface area contributed by atoms with Crippen LogP contribution in [0.1, 0.15) is 15.9 Å². The fraction of sp³-hybridized carbons (Fsp3) is 0.100. The maximum Gasteiger partial charge on any atom is 0.253 e. The van der Waals surface area contributed by atoms with E-state index in [0.29, 0.717) is 27.6 Å². The van der Waals surface area contributed by atoms with E-state index in [9.17, 15) is 9.18 Å². The van der Waals surface area contributed by atoms with E-state index in [4.69, 9.17) is 16.3 Å². The zero-order valence-corrected chi connectivity index (χ0v) is 15.3. The largest absolute Gasteiger partial charge is 0.495 e. The Bertz CT molecular complexity index is 965. The molecule has 0 aliphatic carbocycles. The molecule has 0 atom stereocenters. The van der Waals surface area contributed by atoms with Crippen molar-refractivity contribution in [3.05, 3.63) is 82.9 Å². The number of anilines is 2. The molecule has 2 N–H and O–H groups in total. The lowest BCUT2D eigenvalue weighted by Gasteiger charge is -2.10. The third-order valence-corrected chi connectivity index (χ3v) is 4.13. The summed E-state index contributed by atoms with van der Waals surface area (Å²) in [6.45, 7) is 0.0945. The molecule has 2 aromatic carbocycles. The molecule has 138 valence electrons. The first-order valence-electron chi connectivity index (χ1n) is 8.14. The number of carbonyl (C=O) groups is 1. The zero-order chi connectivity index (χ0) is 19.2. The van der Waals surface area contributed by atoms with Crippen molar-refractivity contribution < 1.29 is 13.9 Å². The van der Waals surface area contributed by atoms with Crippen LogP contribution >= 0.6 is 11.6 Å². The lowest BCUT2D eigenvalue weighted by Crippen LogP contribution is -2.23. The highest BCUT2D eigenvalue weighted by molar-refractivity contribution is 6.32. The average Bonchev–Trinajstić information content (AvgIpc) is 2.67. The molecule has 0 saturated carbocycles. The van der Waals surface area contributed by atoms with Crippen LogP contribution in [0, 0.1) is 5.82 Å². The molecule has 0 spiro atoms. The average molecular weight is 386 g/mol. The van der Waals surface area contributed by atoms with Crippen molar-refractivity contribution in [2.45, 2.75) is 6.54 Å². The van der Waals surface area contributed by atoms with E-state index in [2.05, 4.69) is 15.6 Å². The summed E-state index contributed by atoms with van der Waals surface area (Å²) < 4.78 is 18.8. The number of nitrogens with one attached hydrogen (secondary N) is 2. The number of amides is 1. The number of ether oxygens (including phenoxy) is 1. The van der Waals surface area contributed by atoms with Crippen LogP contribution < -0.4 is 15.4 Å². The molecule has 1 heterocycles. The van der Waals surface area contributed by atoms with Gasteiger partial charge in [-0.3, -0.25) is 9.78 Å². The predicted molar refractivity (Wildman–Crippen MR) is 103 cm³/mol. The van der Waals surface area contributed by atoms with Crippen molar-refractivity contribution in [3.8, 4) is 5.75 Å². The van der Waals surface area contributed by atoms with Gasteiger partial charge in [0.1, 0.15) is 11.6 Å². The second-order valence-corrected chi connectivity index (χ2v) is 6.12. The van der Waals surface area contributed by atoms with Crippen molar-refractivity contribution in [3.63, 3.8) is 0 Å². The van der Waals surface area contributed by atoms with Gasteiger partial charge in [0.05, 0.1) is 29.6 Å². The van der Waals surface area contributed by atoms with Crippen LogP contribution in [-0.2, 0) is 6.54 Å². The summed E-state index contributed by atoms with van der Waals surface area (Å²) in [6, 6.07) is 13.2. The molecule has 0 unspecified atom stereocenters. The van der Waals surface area contributed by atoms with Crippen LogP contribution in [0.15, 0.2) is 60.9 Å². The Morgan fingerprint density at radius 3 is 2.70 bits per heavy atom. The molecule has 0 aliphatic rings. The number of pyridine rings is 1. The summed E-state index contributed by atoms with van der Waals surface area (Å²) in [5.74, 6) is -0.133. The van der Waals surface area contributed by atoms with E-state index in [1.165, 1.54) is 12.3 Å². The molecule has 3 aromatic rings. The summed E-state index contributed by atoms with van der Waals surface area (Å²) >= 11 is 6.11. The highest BCUT2D eigenvalue weighted by Gasteiger charge is 2.09. The monoisotopic (exact) mass is 385 g/mol. The smallest absolute Gasteiger partial charge is 0.253 e. The van der Waals surface area contributed by atoms with Crippen LogP contribution in [0.5, 0.6) is 5.75 Å². The van der Waals surface area contributed by atoms with Gasteiger partial charge >= 0.3 is 0 Å². The highest BCUT2D eigenvalue weighted by Crippen LogP contribution is 2.28.